The second kappa shape index (κ2) is 12.4. The van der Waals surface area contributed by atoms with Gasteiger partial charge in [0.2, 0.25) is 0 Å². The molecular weight excluding hydrogens is 699 g/mol. The van der Waals surface area contributed by atoms with Gasteiger partial charge in [-0.15, -0.1) is 0 Å². The number of anilines is 3. The summed E-state index contributed by atoms with van der Waals surface area (Å²) in [4.78, 5) is 2.64. The van der Waals surface area contributed by atoms with Gasteiger partial charge in [0.1, 0.15) is 0 Å². The van der Waals surface area contributed by atoms with Gasteiger partial charge in [-0.3, -0.25) is 0 Å². The highest BCUT2D eigenvalue weighted by Crippen LogP contribution is 2.70. The third-order valence-electron chi connectivity index (χ3n) is 16.2. The lowest BCUT2D eigenvalue weighted by Gasteiger charge is -2.61. The summed E-state index contributed by atoms with van der Waals surface area (Å²) in [5.74, 6) is 3.33. The van der Waals surface area contributed by atoms with E-state index in [2.05, 4.69) is 169 Å². The third-order valence-corrected chi connectivity index (χ3v) is 16.2. The Hall–Kier alpha value is -5.66. The van der Waals surface area contributed by atoms with Crippen molar-refractivity contribution in [1.29, 1.82) is 0 Å². The second-order valence-corrected chi connectivity index (χ2v) is 18.8. The number of rotatable bonds is 5. The van der Waals surface area contributed by atoms with E-state index in [1.807, 2.05) is 0 Å². The van der Waals surface area contributed by atoms with Gasteiger partial charge >= 0.3 is 0 Å². The molecule has 0 aliphatic heterocycles. The molecular formula is C57H49N. The van der Waals surface area contributed by atoms with Crippen molar-refractivity contribution in [2.75, 3.05) is 4.90 Å². The molecule has 0 radical (unpaired) electrons. The topological polar surface area (TPSA) is 3.24 Å². The molecule has 7 aromatic carbocycles. The Kier molecular flexibility index (Phi) is 7.14. The lowest BCUT2D eigenvalue weighted by atomic mass is 9.43. The number of fused-ring (bicyclic) bond motifs is 8. The fourth-order valence-corrected chi connectivity index (χ4v) is 14.2. The minimum atomic E-state index is 0.110. The van der Waals surface area contributed by atoms with Crippen molar-refractivity contribution in [3.63, 3.8) is 0 Å². The zero-order valence-corrected chi connectivity index (χ0v) is 33.2. The molecule has 0 heterocycles. The number of hydrogen-bond donors (Lipinski definition) is 0. The van der Waals surface area contributed by atoms with Gasteiger partial charge in [0.25, 0.3) is 0 Å². The third kappa shape index (κ3) is 4.54. The molecule has 5 fully saturated rings. The van der Waals surface area contributed by atoms with Crippen molar-refractivity contribution in [2.24, 2.45) is 23.7 Å². The summed E-state index contributed by atoms with van der Waals surface area (Å²) in [6.07, 6.45) is 12.1. The predicted molar refractivity (Wildman–Crippen MR) is 240 cm³/mol. The maximum Gasteiger partial charge on any atom is 0.0543 e. The molecule has 7 aliphatic rings. The van der Waals surface area contributed by atoms with E-state index < -0.39 is 0 Å². The highest BCUT2D eigenvalue weighted by molar-refractivity contribution is 5.96. The maximum atomic E-state index is 2.64. The first-order valence-corrected chi connectivity index (χ1v) is 22.2. The van der Waals surface area contributed by atoms with Crippen LogP contribution in [-0.4, -0.2) is 0 Å². The molecule has 7 aromatic rings. The van der Waals surface area contributed by atoms with E-state index in [9.17, 15) is 0 Å². The maximum absolute atomic E-state index is 2.64. The zero-order valence-electron chi connectivity index (χ0n) is 33.2. The summed E-state index contributed by atoms with van der Waals surface area (Å²) in [5, 5.41) is 0. The van der Waals surface area contributed by atoms with E-state index >= 15 is 0 Å². The SMILES string of the molecule is c1ccc(-c2ccc(-c3ccc(N(c4ccc5c(c4)C4(CCCC4)c4ccccc4-5)c4cccc5c4-c4ccccc4C54C5CC6CC(C5)CC4C6)cc3)cc2)cc1. The Balaban J connectivity index is 0.989. The molecule has 2 spiro atoms. The van der Waals surface area contributed by atoms with Gasteiger partial charge in [0.05, 0.1) is 5.69 Å². The van der Waals surface area contributed by atoms with Gasteiger partial charge in [-0.1, -0.05) is 146 Å². The molecule has 0 atom stereocenters. The molecule has 14 rings (SSSR count). The Morgan fingerprint density at radius 3 is 1.62 bits per heavy atom. The molecule has 282 valence electrons. The van der Waals surface area contributed by atoms with Crippen molar-refractivity contribution >= 4 is 17.1 Å². The fraction of sp³-hybridized carbons (Fsp3) is 0.263. The van der Waals surface area contributed by atoms with Crippen LogP contribution >= 0.6 is 0 Å². The molecule has 1 heteroatoms. The quantitative estimate of drug-likeness (QED) is 0.169. The summed E-state index contributed by atoms with van der Waals surface area (Å²) in [6.45, 7) is 0. The Morgan fingerprint density at radius 2 is 0.931 bits per heavy atom. The smallest absolute Gasteiger partial charge is 0.0543 e. The lowest BCUT2D eigenvalue weighted by Crippen LogP contribution is -2.55. The average molecular weight is 748 g/mol. The van der Waals surface area contributed by atoms with Crippen molar-refractivity contribution < 1.29 is 0 Å². The Labute approximate surface area is 343 Å². The highest BCUT2D eigenvalue weighted by Gasteiger charge is 2.62. The molecule has 0 aromatic heterocycles. The first kappa shape index (κ1) is 33.3. The number of hydrogen-bond acceptors (Lipinski definition) is 1. The van der Waals surface area contributed by atoms with Crippen LogP contribution in [0.15, 0.2) is 164 Å². The van der Waals surface area contributed by atoms with E-state index in [0.717, 1.165) is 23.7 Å². The molecule has 1 nitrogen and oxygen atoms in total. The minimum Gasteiger partial charge on any atom is -0.310 e. The van der Waals surface area contributed by atoms with Gasteiger partial charge in [0, 0.05) is 27.8 Å². The molecule has 0 unspecified atom stereocenters. The van der Waals surface area contributed by atoms with Gasteiger partial charge in [0.15, 0.2) is 0 Å². The van der Waals surface area contributed by atoms with Crippen LogP contribution in [0.1, 0.15) is 80.0 Å². The lowest BCUT2D eigenvalue weighted by molar-refractivity contribution is -0.0399. The number of nitrogens with zero attached hydrogens (tertiary/aromatic N) is 1. The first-order valence-electron chi connectivity index (χ1n) is 22.2. The molecule has 0 N–H and O–H groups in total. The molecule has 7 aliphatic carbocycles. The van der Waals surface area contributed by atoms with Gasteiger partial charge in [-0.25, -0.2) is 0 Å². The van der Waals surface area contributed by atoms with E-state index in [4.69, 9.17) is 0 Å². The number of benzene rings is 7. The second-order valence-electron chi connectivity index (χ2n) is 18.8. The predicted octanol–water partition coefficient (Wildman–Crippen LogP) is 15.1. The average Bonchev–Trinajstić information content (AvgIpc) is 3.97. The summed E-state index contributed by atoms with van der Waals surface area (Å²) in [5.41, 5.74) is 21.2. The van der Waals surface area contributed by atoms with Crippen LogP contribution in [0, 0.1) is 23.7 Å². The van der Waals surface area contributed by atoms with E-state index in [1.165, 1.54) is 125 Å². The van der Waals surface area contributed by atoms with Gasteiger partial charge in [-0.2, -0.15) is 0 Å². The van der Waals surface area contributed by atoms with Crippen LogP contribution < -0.4 is 4.90 Å². The van der Waals surface area contributed by atoms with E-state index in [-0.39, 0.29) is 10.8 Å². The van der Waals surface area contributed by atoms with Crippen LogP contribution in [0.3, 0.4) is 0 Å². The van der Waals surface area contributed by atoms with E-state index in [0.29, 0.717) is 0 Å². The van der Waals surface area contributed by atoms with Crippen LogP contribution in [-0.2, 0) is 10.8 Å². The van der Waals surface area contributed by atoms with Gasteiger partial charge in [-0.05, 0) is 160 Å². The van der Waals surface area contributed by atoms with Crippen molar-refractivity contribution in [1.82, 2.24) is 0 Å². The Bertz CT molecular complexity index is 2700. The van der Waals surface area contributed by atoms with Crippen LogP contribution in [0.2, 0.25) is 0 Å². The summed E-state index contributed by atoms with van der Waals surface area (Å²) in [7, 11) is 0. The monoisotopic (exact) mass is 747 g/mol. The molecule has 5 saturated carbocycles. The summed E-state index contributed by atoms with van der Waals surface area (Å²) < 4.78 is 0. The van der Waals surface area contributed by atoms with Crippen LogP contribution in [0.4, 0.5) is 17.1 Å². The van der Waals surface area contributed by atoms with Crippen LogP contribution in [0.25, 0.3) is 44.5 Å². The van der Waals surface area contributed by atoms with Crippen molar-refractivity contribution in [3.8, 4) is 44.5 Å². The molecule has 4 bridgehead atoms. The fourth-order valence-electron chi connectivity index (χ4n) is 14.2. The summed E-state index contributed by atoms with van der Waals surface area (Å²) >= 11 is 0. The molecule has 0 saturated heterocycles. The minimum absolute atomic E-state index is 0.110. The largest absolute Gasteiger partial charge is 0.310 e. The van der Waals surface area contributed by atoms with Crippen molar-refractivity contribution in [3.05, 3.63) is 186 Å². The Morgan fingerprint density at radius 1 is 0.397 bits per heavy atom. The first-order chi connectivity index (χ1) is 28.7. The van der Waals surface area contributed by atoms with Crippen LogP contribution in [0.5, 0.6) is 0 Å². The standard InChI is InChI=1S/C57H49N/c1-2-11-39(12-3-1)40-19-21-41(22-20-40)42-23-25-45(26-24-42)58(46-27-28-48-47-13-4-6-15-50(47)56(53(48)36-46)29-8-9-30-56)54-18-10-17-52-55(54)49-14-5-7-16-51(49)57(52)43-32-37-31-38(34-43)35-44(57)33-37/h1-7,10-28,36-38,43-44H,8-9,29-35H2. The molecule has 0 amide bonds. The normalized spacial score (nSPS) is 24.8. The van der Waals surface area contributed by atoms with Crippen molar-refractivity contribution in [2.45, 2.75) is 68.6 Å². The van der Waals surface area contributed by atoms with E-state index in [1.54, 1.807) is 16.7 Å². The zero-order chi connectivity index (χ0) is 38.0. The highest BCUT2D eigenvalue weighted by atomic mass is 15.1. The molecule has 58 heavy (non-hydrogen) atoms. The summed E-state index contributed by atoms with van der Waals surface area (Å²) in [6, 6.07) is 63.0. The van der Waals surface area contributed by atoms with Gasteiger partial charge < -0.3 is 4.90 Å².